The molecule has 0 aliphatic rings. The molecule has 0 amide bonds. The normalized spacial score (nSPS) is 7.33. The van der Waals surface area contributed by atoms with Crippen molar-refractivity contribution in [1.29, 1.82) is 0 Å². The van der Waals surface area contributed by atoms with Crippen LogP contribution in [0.1, 0.15) is 46.0 Å². The van der Waals surface area contributed by atoms with Crippen LogP contribution in [-0.4, -0.2) is 0 Å². The van der Waals surface area contributed by atoms with Crippen LogP contribution in [0, 0.1) is 0 Å². The maximum Gasteiger partial charge on any atom is 1.00 e. The molecule has 0 spiro atoms. The van der Waals surface area contributed by atoms with Gasteiger partial charge in [-0.2, -0.15) is 0 Å². The van der Waals surface area contributed by atoms with Gasteiger partial charge in [0.1, 0.15) is 0 Å². The quantitative estimate of drug-likeness (QED) is 0.504. The summed E-state index contributed by atoms with van der Waals surface area (Å²) >= 11 is 0. The Hall–Kier alpha value is 1.22. The van der Waals surface area contributed by atoms with Gasteiger partial charge in [-0.05, 0) is 0 Å². The molecule has 0 aromatic carbocycles. The van der Waals surface area contributed by atoms with Gasteiger partial charge >= 0.3 is 22.4 Å². The molecule has 0 bridgehead atoms. The third-order valence-electron chi connectivity index (χ3n) is 1.21. The van der Waals surface area contributed by atoms with Gasteiger partial charge < -0.3 is 17.0 Å². The average molecular weight is 288 g/mol. The van der Waals surface area contributed by atoms with Crippen LogP contribution in [0.25, 0.3) is 0 Å². The Morgan fingerprint density at radius 2 is 1.11 bits per heavy atom. The zero-order valence-corrected chi connectivity index (χ0v) is 9.28. The Morgan fingerprint density at radius 3 is 1.33 bits per heavy atom. The average Bonchev–Trinajstić information content (AvgIpc) is 1.69. The second kappa shape index (κ2) is 16.1. The summed E-state index contributed by atoms with van der Waals surface area (Å²) in [6.45, 7) is 4.49. The molecule has 0 aromatic heterocycles. The third-order valence-corrected chi connectivity index (χ3v) is 1.21. The topological polar surface area (TPSA) is 0 Å². The second-order valence-electron chi connectivity index (χ2n) is 2.06. The maximum atomic E-state index is 2.25. The van der Waals surface area contributed by atoms with Crippen molar-refractivity contribution in [3.63, 3.8) is 0 Å². The molecule has 0 saturated heterocycles. The molecule has 0 aliphatic carbocycles. The van der Waals surface area contributed by atoms with Crippen LogP contribution in [0.3, 0.4) is 0 Å². The molecule has 0 heterocycles. The van der Waals surface area contributed by atoms with E-state index in [0.29, 0.717) is 0 Å². The van der Waals surface area contributed by atoms with Crippen LogP contribution in [-0.2, 0) is 22.4 Å². The maximum absolute atomic E-state index is 2.25. The summed E-state index contributed by atoms with van der Waals surface area (Å²) in [5.74, 6) is 0. The largest absolute Gasteiger partial charge is 1.00 e. The number of rotatable bonds is 4. The Morgan fingerprint density at radius 1 is 0.778 bits per heavy atom. The molecule has 0 aliphatic heterocycles. The summed E-state index contributed by atoms with van der Waals surface area (Å²) in [5.41, 5.74) is 0. The van der Waals surface area contributed by atoms with Crippen molar-refractivity contribution in [3.8, 4) is 0 Å². The molecule has 0 N–H and O–H groups in total. The predicted octanol–water partition coefficient (Wildman–Crippen LogP) is -0.0218. The van der Waals surface area contributed by atoms with E-state index < -0.39 is 0 Å². The monoisotopic (exact) mass is 286 g/mol. The molecule has 0 unspecified atom stereocenters. The van der Waals surface area contributed by atoms with Gasteiger partial charge in [-0.3, -0.25) is 0 Å². The first-order valence-corrected chi connectivity index (χ1v) is 3.41. The van der Waals surface area contributed by atoms with E-state index >= 15 is 0 Å². The molecule has 62 valence electrons. The van der Waals surface area contributed by atoms with Crippen LogP contribution in [0.4, 0.5) is 0 Å². The summed E-state index contributed by atoms with van der Waals surface area (Å²) in [5, 5.41) is 0. The molecule has 2 heteroatoms. The standard InChI is InChI=1S/C7H16.Ag.BrH/c1-3-5-7-6-4-2;;/h3-7H2,1-2H3;;1H/q;+1;/p-1. The van der Waals surface area contributed by atoms with Crippen molar-refractivity contribution in [3.05, 3.63) is 0 Å². The molecule has 0 aromatic rings. The van der Waals surface area contributed by atoms with E-state index in [1.807, 2.05) is 0 Å². The summed E-state index contributed by atoms with van der Waals surface area (Å²) in [4.78, 5) is 0. The Labute approximate surface area is 85.1 Å². The third kappa shape index (κ3) is 17.6. The van der Waals surface area contributed by atoms with Gasteiger partial charge in [0.15, 0.2) is 0 Å². The van der Waals surface area contributed by atoms with Gasteiger partial charge in [0.05, 0.1) is 0 Å². The van der Waals surface area contributed by atoms with Crippen LogP contribution in [0.2, 0.25) is 0 Å². The summed E-state index contributed by atoms with van der Waals surface area (Å²) < 4.78 is 0. The van der Waals surface area contributed by atoms with Gasteiger partial charge in [0.25, 0.3) is 0 Å². The Bertz CT molecular complexity index is 28.1. The smallest absolute Gasteiger partial charge is 1.00 e. The Balaban J connectivity index is -0.000000180. The van der Waals surface area contributed by atoms with Crippen LogP contribution in [0.15, 0.2) is 0 Å². The van der Waals surface area contributed by atoms with Crippen molar-refractivity contribution in [2.75, 3.05) is 0 Å². The van der Waals surface area contributed by atoms with Crippen molar-refractivity contribution in [2.45, 2.75) is 46.0 Å². The van der Waals surface area contributed by atoms with Crippen molar-refractivity contribution in [2.24, 2.45) is 0 Å². The molecule has 0 radical (unpaired) electrons. The summed E-state index contributed by atoms with van der Waals surface area (Å²) in [7, 11) is 0. The zero-order chi connectivity index (χ0) is 5.54. The molecule has 0 atom stereocenters. The Kier molecular flexibility index (Phi) is 29.8. The van der Waals surface area contributed by atoms with E-state index in [-0.39, 0.29) is 39.4 Å². The molecular formula is C7H16AgBr. The van der Waals surface area contributed by atoms with Crippen molar-refractivity contribution >= 4 is 0 Å². The first-order chi connectivity index (χ1) is 3.41. The van der Waals surface area contributed by atoms with Crippen LogP contribution >= 0.6 is 0 Å². The number of hydrogen-bond donors (Lipinski definition) is 0. The predicted molar refractivity (Wildman–Crippen MR) is 34.4 cm³/mol. The van der Waals surface area contributed by atoms with E-state index in [1.54, 1.807) is 0 Å². The zero-order valence-electron chi connectivity index (χ0n) is 6.22. The second-order valence-corrected chi connectivity index (χ2v) is 2.06. The van der Waals surface area contributed by atoms with E-state index in [4.69, 9.17) is 0 Å². The fourth-order valence-corrected chi connectivity index (χ4v) is 0.677. The first kappa shape index (κ1) is 16.7. The van der Waals surface area contributed by atoms with Crippen molar-refractivity contribution < 1.29 is 39.4 Å². The van der Waals surface area contributed by atoms with Gasteiger partial charge in [-0.15, -0.1) is 0 Å². The number of unbranched alkanes of at least 4 members (excludes halogenated alkanes) is 4. The molecular weight excluding hydrogens is 272 g/mol. The van der Waals surface area contributed by atoms with Crippen molar-refractivity contribution in [1.82, 2.24) is 0 Å². The molecule has 0 saturated carbocycles. The summed E-state index contributed by atoms with van der Waals surface area (Å²) in [6, 6.07) is 0. The minimum Gasteiger partial charge on any atom is -1.00 e. The van der Waals surface area contributed by atoms with Crippen LogP contribution < -0.4 is 17.0 Å². The van der Waals surface area contributed by atoms with Gasteiger partial charge in [-0.25, -0.2) is 0 Å². The fraction of sp³-hybridized carbons (Fsp3) is 1.00. The van der Waals surface area contributed by atoms with E-state index in [1.165, 1.54) is 32.1 Å². The molecule has 0 rings (SSSR count). The first-order valence-electron chi connectivity index (χ1n) is 3.41. The SMILES string of the molecule is CCCCCCC.[Ag+].[Br-]. The molecule has 0 nitrogen and oxygen atoms in total. The molecule has 0 fully saturated rings. The van der Waals surface area contributed by atoms with E-state index in [2.05, 4.69) is 13.8 Å². The fourth-order valence-electron chi connectivity index (χ4n) is 0.677. The van der Waals surface area contributed by atoms with E-state index in [9.17, 15) is 0 Å². The summed E-state index contributed by atoms with van der Waals surface area (Å²) in [6.07, 6.45) is 7.01. The van der Waals surface area contributed by atoms with Crippen LogP contribution in [0.5, 0.6) is 0 Å². The minimum absolute atomic E-state index is 0. The van der Waals surface area contributed by atoms with Gasteiger partial charge in [0, 0.05) is 0 Å². The van der Waals surface area contributed by atoms with E-state index in [0.717, 1.165) is 0 Å². The number of hydrogen-bond acceptors (Lipinski definition) is 0. The number of halogens is 1. The van der Waals surface area contributed by atoms with Gasteiger partial charge in [0.2, 0.25) is 0 Å². The molecule has 9 heavy (non-hydrogen) atoms. The minimum atomic E-state index is 0. The van der Waals surface area contributed by atoms with Gasteiger partial charge in [-0.1, -0.05) is 46.0 Å².